The summed E-state index contributed by atoms with van der Waals surface area (Å²) < 4.78 is 61.8. The molecule has 4 saturated heterocycles. The summed E-state index contributed by atoms with van der Waals surface area (Å²) >= 11 is 3.16. The van der Waals surface area contributed by atoms with Gasteiger partial charge in [0.15, 0.2) is 40.7 Å². The van der Waals surface area contributed by atoms with Crippen molar-refractivity contribution in [1.82, 2.24) is 20.8 Å². The third-order valence-electron chi connectivity index (χ3n) is 16.3. The molecule has 22 heteroatoms. The smallest absolute Gasteiger partial charge is 0.265 e. The summed E-state index contributed by atoms with van der Waals surface area (Å²) in [6.07, 6.45) is 8.66. The molecule has 80 heavy (non-hydrogen) atoms. The Labute approximate surface area is 480 Å². The van der Waals surface area contributed by atoms with Crippen molar-refractivity contribution in [2.75, 3.05) is 103 Å². The van der Waals surface area contributed by atoms with E-state index in [1.807, 2.05) is 32.0 Å². The molecule has 0 unspecified atom stereocenters. The summed E-state index contributed by atoms with van der Waals surface area (Å²) in [6.45, 7) is 13.0. The molecule has 0 saturated carbocycles. The lowest BCUT2D eigenvalue weighted by Gasteiger charge is -2.39. The zero-order chi connectivity index (χ0) is 57.7. The molecule has 2 aromatic heterocycles. The molecule has 0 atom stereocenters. The lowest BCUT2D eigenvalue weighted by atomic mass is 9.91. The Morgan fingerprint density at radius 1 is 0.600 bits per heavy atom. The van der Waals surface area contributed by atoms with Crippen LogP contribution in [0.3, 0.4) is 0 Å². The molecule has 18 nitrogen and oxygen atoms in total. The number of methoxy groups -OCH3 is 2. The first-order valence-corrected chi connectivity index (χ1v) is 32.4. The van der Waals surface area contributed by atoms with Crippen LogP contribution in [0.25, 0.3) is 6.08 Å². The fourth-order valence-electron chi connectivity index (χ4n) is 11.3. The van der Waals surface area contributed by atoms with Gasteiger partial charge >= 0.3 is 0 Å². The number of hydrogen-bond donors (Lipinski definition) is 4. The number of carbonyl (C=O) groups is 4. The summed E-state index contributed by atoms with van der Waals surface area (Å²) in [5.41, 5.74) is 6.18. The third-order valence-corrected chi connectivity index (χ3v) is 23.6. The number of carbonyl (C=O) groups excluding carboxylic acids is 4. The van der Waals surface area contributed by atoms with E-state index in [9.17, 15) is 46.4 Å². The molecule has 0 bridgehead atoms. The second-order valence-corrected chi connectivity index (χ2v) is 28.4. The molecule has 8 rings (SSSR count). The number of likely N-dealkylation sites (tertiary alicyclic amines) is 2. The fraction of sp³-hybridized carbons (Fsp3) is 0.552. The first-order valence-electron chi connectivity index (χ1n) is 27.8. The molecule has 4 aliphatic rings. The van der Waals surface area contributed by atoms with E-state index < -0.39 is 41.0 Å². The number of hydrogen-bond acceptors (Lipinski definition) is 18. The monoisotopic (exact) mass is 1180 g/mol. The molecule has 2 amide bonds. The van der Waals surface area contributed by atoms with Crippen molar-refractivity contribution < 1.29 is 55.9 Å². The second kappa shape index (κ2) is 28.4. The molecular formula is C58H80N6O12S4. The van der Waals surface area contributed by atoms with Crippen LogP contribution in [0.4, 0.5) is 11.4 Å². The minimum atomic E-state index is -4.08. The lowest BCUT2D eigenvalue weighted by molar-refractivity contribution is -0.134. The van der Waals surface area contributed by atoms with Crippen LogP contribution in [0.15, 0.2) is 88.2 Å². The number of ketones is 2. The quantitative estimate of drug-likeness (QED) is 0.0332. The van der Waals surface area contributed by atoms with Crippen molar-refractivity contribution in [3.8, 4) is 0 Å². The van der Waals surface area contributed by atoms with Gasteiger partial charge in [0.05, 0.1) is 32.8 Å². The van der Waals surface area contributed by atoms with Crippen molar-refractivity contribution in [2.24, 2.45) is 11.8 Å². The highest BCUT2D eigenvalue weighted by molar-refractivity contribution is 7.94. The molecular weight excluding hydrogens is 1100 g/mol. The number of Topliss-reactive ketones (excluding diaryl/α,β-unsaturated/α-hetero) is 2. The van der Waals surface area contributed by atoms with Gasteiger partial charge in [0.2, 0.25) is 0 Å². The summed E-state index contributed by atoms with van der Waals surface area (Å²) in [4.78, 5) is 64.3. The zero-order valence-electron chi connectivity index (χ0n) is 46.8. The van der Waals surface area contributed by atoms with Gasteiger partial charge in [0.1, 0.15) is 0 Å². The molecule has 4 aromatic rings. The Morgan fingerprint density at radius 3 is 1.38 bits per heavy atom. The number of unbranched alkanes of at least 4 members (excludes halogenated alkanes) is 1. The lowest BCUT2D eigenvalue weighted by Crippen LogP contribution is -2.58. The van der Waals surface area contributed by atoms with Crippen LogP contribution in [0, 0.1) is 11.8 Å². The molecule has 4 fully saturated rings. The molecule has 4 aliphatic heterocycles. The van der Waals surface area contributed by atoms with Crippen LogP contribution < -0.4 is 20.8 Å². The molecule has 6 heterocycles. The Kier molecular flexibility index (Phi) is 22.3. The Morgan fingerprint density at radius 2 is 1.00 bits per heavy atom. The van der Waals surface area contributed by atoms with E-state index in [0.717, 1.165) is 71.0 Å². The maximum absolute atomic E-state index is 13.8. The SMILES string of the molecule is CCCCc1ccc(C(=O)C2CCN(c3ccc(S(=O)(=O)C4(C(=O)NO)CCN(CCOC)CC4)cc3)CC2)s1.COCCN1CCC(C(=O)NO)(S(=O)(=O)c2ccc(N3CCC(C(=O)c4ccc(C=C(C)C)s4)CC3)cc2)CC1. The van der Waals surface area contributed by atoms with Crippen molar-refractivity contribution in [1.29, 1.82) is 0 Å². The number of nitrogens with zero attached hydrogens (tertiary/aromatic N) is 4. The number of rotatable bonds is 22. The summed E-state index contributed by atoms with van der Waals surface area (Å²) in [7, 11) is -4.94. The van der Waals surface area contributed by atoms with Crippen LogP contribution >= 0.6 is 22.7 Å². The number of allylic oxidation sites excluding steroid dienone is 1. The number of thiophene rings is 2. The molecule has 0 aliphatic carbocycles. The van der Waals surface area contributed by atoms with Gasteiger partial charge in [-0.15, -0.1) is 22.7 Å². The number of hydroxylamine groups is 2. The molecule has 438 valence electrons. The largest absolute Gasteiger partial charge is 0.383 e. The predicted molar refractivity (Wildman–Crippen MR) is 313 cm³/mol. The van der Waals surface area contributed by atoms with Gasteiger partial charge in [0.25, 0.3) is 11.8 Å². The maximum Gasteiger partial charge on any atom is 0.265 e. The normalized spacial score (nSPS) is 18.4. The number of benzene rings is 2. The molecule has 2 aromatic carbocycles. The van der Waals surface area contributed by atoms with Gasteiger partial charge in [-0.05, 0) is 157 Å². The first-order chi connectivity index (χ1) is 38.4. The van der Waals surface area contributed by atoms with Gasteiger partial charge in [-0.25, -0.2) is 27.8 Å². The maximum atomic E-state index is 13.8. The number of anilines is 2. The van der Waals surface area contributed by atoms with Crippen molar-refractivity contribution in [3.05, 3.63) is 97.9 Å². The second-order valence-electron chi connectivity index (χ2n) is 21.6. The minimum Gasteiger partial charge on any atom is -0.383 e. The van der Waals surface area contributed by atoms with Gasteiger partial charge in [-0.2, -0.15) is 0 Å². The van der Waals surface area contributed by atoms with Gasteiger partial charge in [0, 0.05) is 113 Å². The van der Waals surface area contributed by atoms with Crippen molar-refractivity contribution >= 4 is 83.2 Å². The number of aryl methyl sites for hydroxylation is 1. The number of nitrogens with one attached hydrogen (secondary N) is 2. The van der Waals surface area contributed by atoms with E-state index >= 15 is 0 Å². The number of piperidine rings is 4. The molecule has 4 N–H and O–H groups in total. The van der Waals surface area contributed by atoms with E-state index in [4.69, 9.17) is 9.47 Å². The van der Waals surface area contributed by atoms with Gasteiger partial charge < -0.3 is 29.1 Å². The Hall–Kier alpha value is -4.88. The summed E-state index contributed by atoms with van der Waals surface area (Å²) in [6, 6.07) is 21.2. The van der Waals surface area contributed by atoms with Crippen LogP contribution in [-0.4, -0.2) is 163 Å². The highest BCUT2D eigenvalue weighted by atomic mass is 32.2. The first kappa shape index (κ1) is 62.7. The number of ether oxygens (including phenoxy) is 2. The van der Waals surface area contributed by atoms with Crippen molar-refractivity contribution in [2.45, 2.75) is 111 Å². The van der Waals surface area contributed by atoms with Crippen LogP contribution in [0.1, 0.15) is 114 Å². The topological polar surface area (TPSA) is 232 Å². The van der Waals surface area contributed by atoms with E-state index in [0.29, 0.717) is 78.7 Å². The third kappa shape index (κ3) is 14.3. The van der Waals surface area contributed by atoms with E-state index in [1.165, 1.54) is 21.8 Å². The fourth-order valence-corrected chi connectivity index (χ4v) is 17.4. The van der Waals surface area contributed by atoms with Crippen LogP contribution in [0.5, 0.6) is 0 Å². The average Bonchev–Trinajstić information content (AvgIpc) is 4.17. The van der Waals surface area contributed by atoms with E-state index in [2.05, 4.69) is 38.7 Å². The van der Waals surface area contributed by atoms with Gasteiger partial charge in [-0.1, -0.05) is 18.9 Å². The summed E-state index contributed by atoms with van der Waals surface area (Å²) in [5, 5.41) is 18.8. The number of sulfone groups is 2. The highest BCUT2D eigenvalue weighted by Gasteiger charge is 2.54. The van der Waals surface area contributed by atoms with Gasteiger partial charge in [-0.3, -0.25) is 29.6 Å². The van der Waals surface area contributed by atoms with Crippen molar-refractivity contribution in [3.63, 3.8) is 0 Å². The minimum absolute atomic E-state index is 0.000171. The van der Waals surface area contributed by atoms with Crippen LogP contribution in [0.2, 0.25) is 0 Å². The Bertz CT molecular complexity index is 2960. The molecule has 0 spiro atoms. The Balaban J connectivity index is 0.000000231. The zero-order valence-corrected chi connectivity index (χ0v) is 50.1. The predicted octanol–water partition coefficient (Wildman–Crippen LogP) is 7.98. The molecule has 0 radical (unpaired) electrons. The van der Waals surface area contributed by atoms with Crippen LogP contribution in [-0.2, 0) is 45.2 Å². The average molecular weight is 1180 g/mol. The van der Waals surface area contributed by atoms with E-state index in [1.54, 1.807) is 85.0 Å². The summed E-state index contributed by atoms with van der Waals surface area (Å²) in [5.74, 6) is -1.39. The standard InChI is InChI=1S/C29H39N3O6S2.C29H41N3O6S2/c1-21(2)20-24-6-9-26(39-24)27(33)22-10-14-32(15-11-22)23-4-7-25(8-5-23)40(36,37)29(28(34)30-35)12-16-31(17-13-29)18-19-38-3;1-3-4-5-24-8-11-26(39-24)27(33)22-12-16-32(17-13-22)23-6-9-25(10-7-23)40(36,37)29(28(34)30-35)14-18-31(19-15-29)20-21-38-2/h4-9,20,22,35H,10-19H2,1-3H3,(H,30,34);6-11,22,35H,3-5,12-21H2,1-2H3,(H,30,34). The van der Waals surface area contributed by atoms with E-state index in [-0.39, 0.29) is 58.9 Å². The number of amides is 2. The highest BCUT2D eigenvalue weighted by Crippen LogP contribution is 2.39.